The van der Waals surface area contributed by atoms with E-state index in [9.17, 15) is 14.4 Å². The maximum absolute atomic E-state index is 13.0. The highest BCUT2D eigenvalue weighted by atomic mass is 16.2. The highest BCUT2D eigenvalue weighted by molar-refractivity contribution is 6.04. The number of amides is 3. The summed E-state index contributed by atoms with van der Waals surface area (Å²) in [7, 11) is 7.58. The van der Waals surface area contributed by atoms with E-state index >= 15 is 0 Å². The largest absolute Gasteiger partial charge is 0.352 e. The van der Waals surface area contributed by atoms with Gasteiger partial charge in [0.05, 0.1) is 23.3 Å². The van der Waals surface area contributed by atoms with E-state index in [0.717, 1.165) is 40.7 Å². The molecule has 0 saturated heterocycles. The summed E-state index contributed by atoms with van der Waals surface area (Å²) in [5, 5.41) is 9.79. The van der Waals surface area contributed by atoms with Crippen molar-refractivity contribution in [3.8, 4) is 0 Å². The van der Waals surface area contributed by atoms with Gasteiger partial charge >= 0.3 is 0 Å². The number of nitrogens with one attached hydrogen (secondary N) is 3. The number of benzene rings is 2. The number of pyridine rings is 1. The Balaban J connectivity index is 1.13. The number of aryl methyl sites for hydroxylation is 2. The van der Waals surface area contributed by atoms with Gasteiger partial charge in [-0.25, -0.2) is 0 Å². The minimum absolute atomic E-state index is 0.0983. The second-order valence-electron chi connectivity index (χ2n) is 11.6. The van der Waals surface area contributed by atoms with Crippen LogP contribution in [0.3, 0.4) is 0 Å². The molecule has 2 aromatic carbocycles. The number of hydrogen-bond donors (Lipinski definition) is 3. The van der Waals surface area contributed by atoms with Crippen LogP contribution in [0.15, 0.2) is 85.3 Å². The SMILES string of the molecule is CN(C)CCCNC(=O)c1cc(NC(=O)Cc2cc(NC(=O)c3ccc(/C=C/c4cnc5ccccc5c4)cc3)cn2C)cn1C. The highest BCUT2D eigenvalue weighted by Gasteiger charge is 2.15. The molecular weight excluding hydrogens is 578 g/mol. The van der Waals surface area contributed by atoms with Crippen LogP contribution in [0.1, 0.15) is 44.1 Å². The number of hydrogen-bond acceptors (Lipinski definition) is 5. The monoisotopic (exact) mass is 617 g/mol. The maximum atomic E-state index is 13.0. The quantitative estimate of drug-likeness (QED) is 0.167. The van der Waals surface area contributed by atoms with Gasteiger partial charge < -0.3 is 30.0 Å². The molecule has 0 bridgehead atoms. The molecule has 0 spiro atoms. The maximum Gasteiger partial charge on any atom is 0.267 e. The fourth-order valence-corrected chi connectivity index (χ4v) is 5.09. The van der Waals surface area contributed by atoms with Crippen LogP contribution in [0, 0.1) is 0 Å². The van der Waals surface area contributed by atoms with Gasteiger partial charge in [-0.2, -0.15) is 0 Å². The summed E-state index contributed by atoms with van der Waals surface area (Å²) >= 11 is 0. The van der Waals surface area contributed by atoms with Gasteiger partial charge in [-0.15, -0.1) is 0 Å². The van der Waals surface area contributed by atoms with E-state index in [4.69, 9.17) is 0 Å². The molecule has 0 saturated carbocycles. The predicted molar refractivity (Wildman–Crippen MR) is 184 cm³/mol. The Labute approximate surface area is 268 Å². The molecule has 236 valence electrons. The van der Waals surface area contributed by atoms with Crippen molar-refractivity contribution in [1.82, 2.24) is 24.3 Å². The van der Waals surface area contributed by atoms with Crippen molar-refractivity contribution in [2.75, 3.05) is 37.8 Å². The van der Waals surface area contributed by atoms with E-state index < -0.39 is 0 Å². The minimum Gasteiger partial charge on any atom is -0.352 e. The van der Waals surface area contributed by atoms with Gasteiger partial charge in [0, 0.05) is 55.9 Å². The number of fused-ring (bicyclic) bond motifs is 1. The second-order valence-corrected chi connectivity index (χ2v) is 11.6. The van der Waals surface area contributed by atoms with Crippen molar-refractivity contribution in [3.05, 3.63) is 113 Å². The van der Waals surface area contributed by atoms with Gasteiger partial charge in [-0.3, -0.25) is 19.4 Å². The number of carbonyl (C=O) groups is 3. The molecule has 3 N–H and O–H groups in total. The molecule has 0 radical (unpaired) electrons. The summed E-state index contributed by atoms with van der Waals surface area (Å²) in [5.74, 6) is -0.660. The van der Waals surface area contributed by atoms with Gasteiger partial charge in [0.15, 0.2) is 0 Å². The van der Waals surface area contributed by atoms with E-state index in [-0.39, 0.29) is 24.1 Å². The fraction of sp³-hybridized carbons (Fsp3) is 0.222. The van der Waals surface area contributed by atoms with Gasteiger partial charge in [0.25, 0.3) is 11.8 Å². The Hall–Kier alpha value is -5.48. The smallest absolute Gasteiger partial charge is 0.267 e. The molecule has 10 nitrogen and oxygen atoms in total. The molecule has 0 atom stereocenters. The van der Waals surface area contributed by atoms with Crippen molar-refractivity contribution >= 4 is 52.2 Å². The molecule has 3 aromatic heterocycles. The van der Waals surface area contributed by atoms with Crippen molar-refractivity contribution in [3.63, 3.8) is 0 Å². The second kappa shape index (κ2) is 14.5. The van der Waals surface area contributed by atoms with E-state index in [0.29, 0.717) is 29.2 Å². The molecule has 3 amide bonds. The van der Waals surface area contributed by atoms with Crippen molar-refractivity contribution < 1.29 is 14.4 Å². The van der Waals surface area contributed by atoms with Crippen molar-refractivity contribution in [2.45, 2.75) is 12.8 Å². The Bertz CT molecular complexity index is 1880. The zero-order chi connectivity index (χ0) is 32.6. The standard InChI is InChI=1S/C36H39N7O3/c1-41(2)17-7-16-37-36(46)33-20-30(24-43(33)4)39-34(44)21-31-19-29(23-42(31)3)40-35(45)27-14-12-25(13-15-27)10-11-26-18-28-8-5-6-9-32(28)38-22-26/h5-6,8-15,18-20,22-24H,7,16-17,21H2,1-4H3,(H,37,46)(H,39,44)(H,40,45)/b11-10+. The first-order valence-electron chi connectivity index (χ1n) is 15.1. The fourth-order valence-electron chi connectivity index (χ4n) is 5.09. The van der Waals surface area contributed by atoms with Crippen LogP contribution < -0.4 is 16.0 Å². The topological polar surface area (TPSA) is 113 Å². The number of aromatic nitrogens is 3. The number of para-hydroxylation sites is 1. The Morgan fingerprint density at radius 3 is 2.33 bits per heavy atom. The third-order valence-corrected chi connectivity index (χ3v) is 7.55. The lowest BCUT2D eigenvalue weighted by Crippen LogP contribution is -2.28. The lowest BCUT2D eigenvalue weighted by atomic mass is 10.1. The van der Waals surface area contributed by atoms with E-state index in [1.807, 2.05) is 80.5 Å². The van der Waals surface area contributed by atoms with Crippen LogP contribution in [-0.2, 0) is 25.3 Å². The molecule has 5 aromatic rings. The predicted octanol–water partition coefficient (Wildman–Crippen LogP) is 5.20. The molecule has 0 unspecified atom stereocenters. The molecule has 0 aliphatic carbocycles. The average molecular weight is 618 g/mol. The molecule has 10 heteroatoms. The summed E-state index contributed by atoms with van der Waals surface area (Å²) in [4.78, 5) is 44.9. The summed E-state index contributed by atoms with van der Waals surface area (Å²) in [6.07, 6.45) is 10.3. The van der Waals surface area contributed by atoms with Crippen LogP contribution >= 0.6 is 0 Å². The molecular formula is C36H39N7O3. The van der Waals surface area contributed by atoms with Crippen LogP contribution in [0.5, 0.6) is 0 Å². The van der Waals surface area contributed by atoms with Crippen molar-refractivity contribution in [1.29, 1.82) is 0 Å². The third kappa shape index (κ3) is 8.36. The summed E-state index contributed by atoms with van der Waals surface area (Å²) in [6.45, 7) is 1.46. The lowest BCUT2D eigenvalue weighted by Gasteiger charge is -2.10. The third-order valence-electron chi connectivity index (χ3n) is 7.55. The highest BCUT2D eigenvalue weighted by Crippen LogP contribution is 2.19. The van der Waals surface area contributed by atoms with E-state index in [1.165, 1.54) is 0 Å². The Morgan fingerprint density at radius 2 is 1.54 bits per heavy atom. The van der Waals surface area contributed by atoms with Crippen LogP contribution in [0.4, 0.5) is 11.4 Å². The summed E-state index contributed by atoms with van der Waals surface area (Å²) in [6, 6.07) is 20.9. The number of anilines is 2. The zero-order valence-electron chi connectivity index (χ0n) is 26.6. The summed E-state index contributed by atoms with van der Waals surface area (Å²) in [5.41, 5.74) is 5.77. The number of nitrogens with zero attached hydrogens (tertiary/aromatic N) is 4. The van der Waals surface area contributed by atoms with Crippen LogP contribution in [0.25, 0.3) is 23.1 Å². The van der Waals surface area contributed by atoms with Gasteiger partial charge in [0.2, 0.25) is 5.91 Å². The minimum atomic E-state index is -0.243. The van der Waals surface area contributed by atoms with Crippen LogP contribution in [0.2, 0.25) is 0 Å². The molecule has 46 heavy (non-hydrogen) atoms. The molecule has 0 fully saturated rings. The van der Waals surface area contributed by atoms with E-state index in [1.54, 1.807) is 48.3 Å². The molecule has 0 aliphatic heterocycles. The lowest BCUT2D eigenvalue weighted by molar-refractivity contribution is -0.115. The normalized spacial score (nSPS) is 11.3. The first kappa shape index (κ1) is 31.9. The van der Waals surface area contributed by atoms with Gasteiger partial charge in [-0.1, -0.05) is 42.5 Å². The molecule has 0 aliphatic rings. The van der Waals surface area contributed by atoms with Gasteiger partial charge in [-0.05, 0) is 74.6 Å². The number of rotatable bonds is 12. The van der Waals surface area contributed by atoms with Gasteiger partial charge in [0.1, 0.15) is 5.69 Å². The first-order chi connectivity index (χ1) is 22.1. The molecule has 3 heterocycles. The van der Waals surface area contributed by atoms with E-state index in [2.05, 4.69) is 31.9 Å². The Kier molecular flexibility index (Phi) is 10.1. The zero-order valence-corrected chi connectivity index (χ0v) is 26.6. The average Bonchev–Trinajstić information content (AvgIpc) is 3.57. The Morgan fingerprint density at radius 1 is 0.826 bits per heavy atom. The van der Waals surface area contributed by atoms with Crippen LogP contribution in [-0.4, -0.2) is 63.9 Å². The molecule has 5 rings (SSSR count). The van der Waals surface area contributed by atoms with Crippen molar-refractivity contribution in [2.24, 2.45) is 14.1 Å². The number of carbonyl (C=O) groups excluding carboxylic acids is 3. The first-order valence-corrected chi connectivity index (χ1v) is 15.1. The summed E-state index contributed by atoms with van der Waals surface area (Å²) < 4.78 is 3.50.